The van der Waals surface area contributed by atoms with Crippen LogP contribution >= 0.6 is 0 Å². The van der Waals surface area contributed by atoms with Gasteiger partial charge in [0.25, 0.3) is 0 Å². The van der Waals surface area contributed by atoms with Crippen LogP contribution < -0.4 is 10.9 Å². The van der Waals surface area contributed by atoms with Crippen molar-refractivity contribution >= 4 is 0 Å². The molecule has 0 fully saturated rings. The predicted octanol–water partition coefficient (Wildman–Crippen LogP) is 2.25. The second-order valence-electron chi connectivity index (χ2n) is 5.35. The number of hydrogen-bond acceptors (Lipinski definition) is 3. The van der Waals surface area contributed by atoms with E-state index >= 15 is 0 Å². The Labute approximate surface area is 118 Å². The molecule has 0 saturated carbocycles. The molecule has 4 heteroatoms. The van der Waals surface area contributed by atoms with Crippen LogP contribution in [0, 0.1) is 6.92 Å². The van der Waals surface area contributed by atoms with Crippen molar-refractivity contribution in [1.29, 1.82) is 0 Å². The number of aromatic nitrogens is 2. The average Bonchev–Trinajstić information content (AvgIpc) is 2.44. The van der Waals surface area contributed by atoms with Gasteiger partial charge >= 0.3 is 0 Å². The zero-order chi connectivity index (χ0) is 13.9. The molecule has 0 aromatic carbocycles. The molecule has 2 aromatic heterocycles. The first-order chi connectivity index (χ1) is 9.72. The Morgan fingerprint density at radius 2 is 2.25 bits per heavy atom. The summed E-state index contributed by atoms with van der Waals surface area (Å²) in [6.45, 7) is 2.76. The van der Waals surface area contributed by atoms with Gasteiger partial charge < -0.3 is 10.3 Å². The van der Waals surface area contributed by atoms with E-state index in [1.807, 2.05) is 31.2 Å². The molecule has 0 amide bonds. The maximum absolute atomic E-state index is 11.4. The van der Waals surface area contributed by atoms with Gasteiger partial charge in [0.2, 0.25) is 5.56 Å². The molecule has 0 spiro atoms. The normalized spacial score (nSPS) is 17.8. The summed E-state index contributed by atoms with van der Waals surface area (Å²) in [6.07, 6.45) is 3.17. The summed E-state index contributed by atoms with van der Waals surface area (Å²) in [5.74, 6) is 0. The minimum absolute atomic E-state index is 0.00949. The third-order valence-electron chi connectivity index (χ3n) is 3.81. The summed E-state index contributed by atoms with van der Waals surface area (Å²) in [7, 11) is 0. The van der Waals surface area contributed by atoms with Gasteiger partial charge in [-0.3, -0.25) is 9.78 Å². The molecule has 1 aliphatic carbocycles. The van der Waals surface area contributed by atoms with E-state index < -0.39 is 0 Å². The molecular weight excluding hydrogens is 250 g/mol. The molecule has 2 heterocycles. The van der Waals surface area contributed by atoms with Gasteiger partial charge in [0.05, 0.1) is 5.69 Å². The average molecular weight is 269 g/mol. The lowest BCUT2D eigenvalue weighted by atomic mass is 9.91. The van der Waals surface area contributed by atoms with Gasteiger partial charge in [-0.25, -0.2) is 0 Å². The van der Waals surface area contributed by atoms with Crippen LogP contribution in [0.4, 0.5) is 0 Å². The number of nitrogens with zero attached hydrogens (tertiary/aromatic N) is 1. The van der Waals surface area contributed by atoms with Crippen LogP contribution in [0.2, 0.25) is 0 Å². The number of H-pyrrole nitrogens is 1. The molecule has 104 valence electrons. The highest BCUT2D eigenvalue weighted by atomic mass is 16.1. The Morgan fingerprint density at radius 3 is 3.10 bits per heavy atom. The van der Waals surface area contributed by atoms with E-state index in [1.54, 1.807) is 6.07 Å². The molecule has 0 saturated heterocycles. The van der Waals surface area contributed by atoms with E-state index in [4.69, 9.17) is 0 Å². The van der Waals surface area contributed by atoms with Crippen LogP contribution in [-0.2, 0) is 13.0 Å². The third kappa shape index (κ3) is 2.80. The van der Waals surface area contributed by atoms with Crippen LogP contribution in [0.3, 0.4) is 0 Å². The first-order valence-electron chi connectivity index (χ1n) is 7.10. The predicted molar refractivity (Wildman–Crippen MR) is 78.6 cm³/mol. The van der Waals surface area contributed by atoms with Crippen molar-refractivity contribution in [2.24, 2.45) is 0 Å². The van der Waals surface area contributed by atoms with Crippen molar-refractivity contribution in [2.45, 2.75) is 38.8 Å². The fraction of sp³-hybridized carbons (Fsp3) is 0.375. The number of pyridine rings is 2. The highest BCUT2D eigenvalue weighted by Gasteiger charge is 2.20. The zero-order valence-electron chi connectivity index (χ0n) is 11.6. The minimum Gasteiger partial charge on any atom is -0.326 e. The van der Waals surface area contributed by atoms with E-state index in [1.165, 1.54) is 5.56 Å². The summed E-state index contributed by atoms with van der Waals surface area (Å²) in [4.78, 5) is 18.8. The van der Waals surface area contributed by atoms with E-state index in [0.717, 1.165) is 42.9 Å². The zero-order valence-corrected chi connectivity index (χ0v) is 11.6. The van der Waals surface area contributed by atoms with Crippen molar-refractivity contribution < 1.29 is 0 Å². The van der Waals surface area contributed by atoms with Crippen LogP contribution in [0.15, 0.2) is 35.1 Å². The number of fused-ring (bicyclic) bond motifs is 1. The SMILES string of the molecule is Cc1cccc(CNC2CCCc3[nH]c(=O)ccc32)n1. The van der Waals surface area contributed by atoms with Gasteiger partial charge in [0, 0.05) is 30.0 Å². The molecule has 3 rings (SSSR count). The third-order valence-corrected chi connectivity index (χ3v) is 3.81. The summed E-state index contributed by atoms with van der Waals surface area (Å²) in [5.41, 5.74) is 4.39. The first kappa shape index (κ1) is 13.1. The molecule has 2 N–H and O–H groups in total. The number of nitrogens with one attached hydrogen (secondary N) is 2. The smallest absolute Gasteiger partial charge is 0.248 e. The van der Waals surface area contributed by atoms with Crippen molar-refractivity contribution in [1.82, 2.24) is 15.3 Å². The number of aryl methyl sites for hydroxylation is 2. The Balaban J connectivity index is 1.75. The second-order valence-corrected chi connectivity index (χ2v) is 5.35. The number of hydrogen-bond donors (Lipinski definition) is 2. The van der Waals surface area contributed by atoms with Crippen molar-refractivity contribution in [2.75, 3.05) is 0 Å². The second kappa shape index (κ2) is 5.59. The first-order valence-corrected chi connectivity index (χ1v) is 7.10. The molecule has 1 unspecified atom stereocenters. The Kier molecular flexibility index (Phi) is 3.65. The lowest BCUT2D eigenvalue weighted by Gasteiger charge is -2.25. The van der Waals surface area contributed by atoms with Gasteiger partial charge in [0.15, 0.2) is 0 Å². The maximum Gasteiger partial charge on any atom is 0.248 e. The van der Waals surface area contributed by atoms with Gasteiger partial charge in [0.1, 0.15) is 0 Å². The van der Waals surface area contributed by atoms with Gasteiger partial charge in [-0.2, -0.15) is 0 Å². The van der Waals surface area contributed by atoms with Crippen LogP contribution in [-0.4, -0.2) is 9.97 Å². The molecule has 1 aliphatic rings. The van der Waals surface area contributed by atoms with Crippen LogP contribution in [0.5, 0.6) is 0 Å². The van der Waals surface area contributed by atoms with Gasteiger partial charge in [-0.1, -0.05) is 12.1 Å². The van der Waals surface area contributed by atoms with Gasteiger partial charge in [-0.05, 0) is 43.9 Å². The molecule has 0 aliphatic heterocycles. The largest absolute Gasteiger partial charge is 0.326 e. The standard InChI is InChI=1S/C16H19N3O/c1-11-4-2-5-12(18-11)10-17-14-6-3-7-15-13(14)8-9-16(20)19-15/h2,4-5,8-9,14,17H,3,6-7,10H2,1H3,(H,19,20). The summed E-state index contributed by atoms with van der Waals surface area (Å²) in [6, 6.07) is 9.95. The van der Waals surface area contributed by atoms with Gasteiger partial charge in [-0.15, -0.1) is 0 Å². The molecule has 0 radical (unpaired) electrons. The van der Waals surface area contributed by atoms with Crippen LogP contribution in [0.1, 0.15) is 41.5 Å². The van der Waals surface area contributed by atoms with E-state index in [2.05, 4.69) is 15.3 Å². The van der Waals surface area contributed by atoms with Crippen molar-refractivity contribution in [3.8, 4) is 0 Å². The molecular formula is C16H19N3O. The van der Waals surface area contributed by atoms with Crippen LogP contribution in [0.25, 0.3) is 0 Å². The highest BCUT2D eigenvalue weighted by Crippen LogP contribution is 2.27. The van der Waals surface area contributed by atoms with Crippen molar-refractivity contribution in [3.05, 3.63) is 63.3 Å². The Morgan fingerprint density at radius 1 is 1.35 bits per heavy atom. The molecule has 0 bridgehead atoms. The number of aromatic amines is 1. The lowest BCUT2D eigenvalue weighted by Crippen LogP contribution is -2.27. The fourth-order valence-corrected chi connectivity index (χ4v) is 2.84. The topological polar surface area (TPSA) is 57.8 Å². The van der Waals surface area contributed by atoms with E-state index in [0.29, 0.717) is 6.04 Å². The maximum atomic E-state index is 11.4. The molecule has 4 nitrogen and oxygen atoms in total. The fourth-order valence-electron chi connectivity index (χ4n) is 2.84. The number of rotatable bonds is 3. The summed E-state index contributed by atoms with van der Waals surface area (Å²) < 4.78 is 0. The molecule has 20 heavy (non-hydrogen) atoms. The van der Waals surface area contributed by atoms with E-state index in [-0.39, 0.29) is 5.56 Å². The minimum atomic E-state index is -0.00949. The molecule has 2 aromatic rings. The Hall–Kier alpha value is -1.94. The van der Waals surface area contributed by atoms with Crippen molar-refractivity contribution in [3.63, 3.8) is 0 Å². The summed E-state index contributed by atoms with van der Waals surface area (Å²) >= 11 is 0. The Bertz CT molecular complexity index is 663. The molecule has 1 atom stereocenters. The monoisotopic (exact) mass is 269 g/mol. The summed E-state index contributed by atoms with van der Waals surface area (Å²) in [5, 5.41) is 3.56. The lowest BCUT2D eigenvalue weighted by molar-refractivity contribution is 0.450. The highest BCUT2D eigenvalue weighted by molar-refractivity contribution is 5.26. The quantitative estimate of drug-likeness (QED) is 0.898. The van der Waals surface area contributed by atoms with E-state index in [9.17, 15) is 4.79 Å².